The van der Waals surface area contributed by atoms with Crippen molar-refractivity contribution in [1.29, 1.82) is 5.26 Å². The van der Waals surface area contributed by atoms with Crippen LogP contribution in [0.15, 0.2) is 48.6 Å². The number of amides is 1. The highest BCUT2D eigenvalue weighted by molar-refractivity contribution is 6.36. The van der Waals surface area contributed by atoms with Crippen LogP contribution in [0.3, 0.4) is 0 Å². The number of rotatable bonds is 9. The van der Waals surface area contributed by atoms with Crippen molar-refractivity contribution in [2.75, 3.05) is 75.4 Å². The molecule has 1 aromatic heterocycles. The maximum Gasteiger partial charge on any atom is 0.318 e. The number of halogens is 1. The molecule has 6 aliphatic heterocycles. The van der Waals surface area contributed by atoms with Crippen LogP contribution in [-0.2, 0) is 22.5 Å². The highest BCUT2D eigenvalue weighted by Crippen LogP contribution is 2.40. The molecular weight excluding hydrogens is 676 g/mol. The molecule has 0 aliphatic carbocycles. The average Bonchev–Trinajstić information content (AvgIpc) is 3.96. The van der Waals surface area contributed by atoms with Crippen LogP contribution in [-0.4, -0.2) is 120 Å². The van der Waals surface area contributed by atoms with E-state index < -0.39 is 0 Å². The summed E-state index contributed by atoms with van der Waals surface area (Å²) in [6.45, 7) is 8.39. The molecule has 1 amide bonds. The molecule has 0 spiro atoms. The van der Waals surface area contributed by atoms with E-state index >= 15 is 0 Å². The molecule has 52 heavy (non-hydrogen) atoms. The largest absolute Gasteiger partial charge is 0.461 e. The summed E-state index contributed by atoms with van der Waals surface area (Å²) < 4.78 is 12.3. The van der Waals surface area contributed by atoms with E-state index in [0.29, 0.717) is 50.9 Å². The Kier molecular flexibility index (Phi) is 9.20. The zero-order valence-corrected chi connectivity index (χ0v) is 30.5. The molecule has 0 N–H and O–H groups in total. The highest BCUT2D eigenvalue weighted by Gasteiger charge is 2.45. The van der Waals surface area contributed by atoms with E-state index in [1.54, 1.807) is 6.08 Å². The van der Waals surface area contributed by atoms with Crippen LogP contribution in [0.25, 0.3) is 10.8 Å². The number of aromatic nitrogens is 2. The van der Waals surface area contributed by atoms with E-state index in [0.717, 1.165) is 104 Å². The van der Waals surface area contributed by atoms with Gasteiger partial charge in [-0.3, -0.25) is 14.6 Å². The Morgan fingerprint density at radius 3 is 2.69 bits per heavy atom. The van der Waals surface area contributed by atoms with E-state index in [2.05, 4.69) is 49.9 Å². The van der Waals surface area contributed by atoms with Crippen molar-refractivity contribution in [3.8, 4) is 12.1 Å². The van der Waals surface area contributed by atoms with Crippen molar-refractivity contribution in [1.82, 2.24) is 24.7 Å². The van der Waals surface area contributed by atoms with Gasteiger partial charge in [0, 0.05) is 68.0 Å². The third-order valence-electron chi connectivity index (χ3n) is 12.5. The van der Waals surface area contributed by atoms with Gasteiger partial charge in [-0.25, -0.2) is 0 Å². The summed E-state index contributed by atoms with van der Waals surface area (Å²) in [5.74, 6) is 0.843. The second-order valence-electron chi connectivity index (χ2n) is 15.4. The molecule has 0 unspecified atom stereocenters. The number of nitrogens with zero attached hydrogens (tertiary/aromatic N) is 8. The Morgan fingerprint density at radius 1 is 1.06 bits per heavy atom. The lowest BCUT2D eigenvalue weighted by atomic mass is 9.95. The number of anilines is 2. The molecule has 3 aromatic rings. The van der Waals surface area contributed by atoms with E-state index in [9.17, 15) is 10.1 Å². The summed E-state index contributed by atoms with van der Waals surface area (Å²) in [5, 5.41) is 12.8. The van der Waals surface area contributed by atoms with Crippen molar-refractivity contribution < 1.29 is 14.3 Å². The van der Waals surface area contributed by atoms with Crippen molar-refractivity contribution in [3.63, 3.8) is 0 Å². The topological polar surface area (TPSA) is 101 Å². The molecular formula is C40H47ClN8O3. The zero-order valence-electron chi connectivity index (χ0n) is 29.8. The van der Waals surface area contributed by atoms with Crippen molar-refractivity contribution in [2.24, 2.45) is 0 Å². The number of ether oxygens (including phenoxy) is 2. The number of hydrogen-bond acceptors (Lipinski definition) is 10. The smallest absolute Gasteiger partial charge is 0.318 e. The first-order valence-electron chi connectivity index (χ1n) is 19.1. The molecule has 6 aliphatic rings. The molecule has 5 saturated heterocycles. The van der Waals surface area contributed by atoms with Gasteiger partial charge in [0.05, 0.1) is 54.0 Å². The number of benzene rings is 2. The Morgan fingerprint density at radius 2 is 1.90 bits per heavy atom. The number of fused-ring (bicyclic) bond motifs is 5. The summed E-state index contributed by atoms with van der Waals surface area (Å²) in [6, 6.07) is 15.4. The third-order valence-corrected chi connectivity index (χ3v) is 12.8. The van der Waals surface area contributed by atoms with E-state index in [-0.39, 0.29) is 23.9 Å². The Balaban J connectivity index is 0.977. The summed E-state index contributed by atoms with van der Waals surface area (Å²) in [7, 11) is 0. The Hall–Kier alpha value is -3.95. The molecule has 2 bridgehead atoms. The molecule has 2 aromatic carbocycles. The van der Waals surface area contributed by atoms with Crippen LogP contribution in [0.2, 0.25) is 5.02 Å². The SMILES string of the molecule is N#CC[C@H]1CN(c2nc(OCC34CCCN3CCC4)nc3c2CCN(c2cccc4cccc(Cl)c24)C3)CCN1C(=O)/C=C/CN1C[C@H]2C[C@@H]1CO2. The van der Waals surface area contributed by atoms with Gasteiger partial charge in [0.1, 0.15) is 12.4 Å². The van der Waals surface area contributed by atoms with Gasteiger partial charge in [-0.2, -0.15) is 15.2 Å². The Bertz CT molecular complexity index is 1900. The van der Waals surface area contributed by atoms with Crippen molar-refractivity contribution in [3.05, 3.63) is 64.8 Å². The molecule has 11 nitrogen and oxygen atoms in total. The van der Waals surface area contributed by atoms with Crippen LogP contribution < -0.4 is 14.5 Å². The third kappa shape index (κ3) is 6.27. The molecule has 0 radical (unpaired) electrons. The molecule has 12 heteroatoms. The normalized spacial score (nSPS) is 25.6. The minimum absolute atomic E-state index is 0.0319. The van der Waals surface area contributed by atoms with E-state index in [1.165, 1.54) is 12.8 Å². The van der Waals surface area contributed by atoms with Gasteiger partial charge in [-0.15, -0.1) is 0 Å². The lowest BCUT2D eigenvalue weighted by molar-refractivity contribution is -0.128. The predicted molar refractivity (Wildman–Crippen MR) is 201 cm³/mol. The molecule has 272 valence electrons. The fourth-order valence-corrected chi connectivity index (χ4v) is 10.1. The molecule has 3 atom stereocenters. The molecule has 9 rings (SSSR count). The number of nitriles is 1. The molecule has 7 heterocycles. The van der Waals surface area contributed by atoms with E-state index in [1.807, 2.05) is 23.1 Å². The molecule has 5 fully saturated rings. The molecule has 0 saturated carbocycles. The number of likely N-dealkylation sites (tertiary alicyclic amines) is 1. The van der Waals surface area contributed by atoms with Crippen LogP contribution in [0, 0.1) is 11.3 Å². The lowest BCUT2D eigenvalue weighted by Gasteiger charge is -2.42. The van der Waals surface area contributed by atoms with Crippen molar-refractivity contribution in [2.45, 2.75) is 75.2 Å². The lowest BCUT2D eigenvalue weighted by Crippen LogP contribution is -2.55. The first kappa shape index (κ1) is 33.9. The average molecular weight is 723 g/mol. The van der Waals surface area contributed by atoms with Gasteiger partial charge in [0.2, 0.25) is 5.91 Å². The fraction of sp³-hybridized carbons (Fsp3) is 0.550. The second-order valence-corrected chi connectivity index (χ2v) is 15.9. The quantitative estimate of drug-likeness (QED) is 0.286. The van der Waals surface area contributed by atoms with Crippen LogP contribution in [0.1, 0.15) is 49.8 Å². The standard InChI is InChI=1S/C40H47ClN8O3/c41-33-8-1-6-28-7-2-9-35(37(28)33)46-19-12-32-34(25-46)43-39(52-27-40-13-4-17-48(40)18-5-14-40)44-38(32)47-20-21-49(29(23-47)11-15-42)36(50)10-3-16-45-24-31-22-30(45)26-51-31/h1-3,6-10,29-31H,4-5,11-14,16-27H2/b10-3+/t29-,30+,31+/m0/s1. The van der Waals surface area contributed by atoms with Crippen LogP contribution in [0.5, 0.6) is 6.01 Å². The second kappa shape index (κ2) is 14.1. The monoisotopic (exact) mass is 722 g/mol. The van der Waals surface area contributed by atoms with Crippen LogP contribution in [0.4, 0.5) is 11.5 Å². The first-order valence-corrected chi connectivity index (χ1v) is 19.5. The maximum atomic E-state index is 13.5. The summed E-state index contributed by atoms with van der Waals surface area (Å²) in [5.41, 5.74) is 3.25. The summed E-state index contributed by atoms with van der Waals surface area (Å²) in [6.07, 6.45) is 10.8. The number of piperazine rings is 1. The first-order chi connectivity index (χ1) is 25.5. The minimum atomic E-state index is -0.246. The summed E-state index contributed by atoms with van der Waals surface area (Å²) in [4.78, 5) is 35.3. The van der Waals surface area contributed by atoms with Gasteiger partial charge in [0.15, 0.2) is 0 Å². The minimum Gasteiger partial charge on any atom is -0.461 e. The summed E-state index contributed by atoms with van der Waals surface area (Å²) >= 11 is 6.78. The fourth-order valence-electron chi connectivity index (χ4n) is 9.83. The maximum absolute atomic E-state index is 13.5. The number of hydrogen-bond donors (Lipinski definition) is 0. The number of carbonyl (C=O) groups is 1. The predicted octanol–water partition coefficient (Wildman–Crippen LogP) is 4.81. The van der Waals surface area contributed by atoms with Gasteiger partial charge in [-0.05, 0) is 69.1 Å². The Labute approximate surface area is 310 Å². The van der Waals surface area contributed by atoms with Gasteiger partial charge < -0.3 is 24.2 Å². The van der Waals surface area contributed by atoms with Crippen molar-refractivity contribution >= 4 is 39.8 Å². The van der Waals surface area contributed by atoms with E-state index in [4.69, 9.17) is 31.0 Å². The van der Waals surface area contributed by atoms with Crippen LogP contribution >= 0.6 is 11.6 Å². The van der Waals surface area contributed by atoms with Gasteiger partial charge >= 0.3 is 6.01 Å². The number of morpholine rings is 1. The zero-order chi connectivity index (χ0) is 35.2. The van der Waals surface area contributed by atoms with Gasteiger partial charge in [0.25, 0.3) is 0 Å². The van der Waals surface area contributed by atoms with Gasteiger partial charge in [-0.1, -0.05) is 41.9 Å². The number of carbonyl (C=O) groups excluding carboxylic acids is 1. The highest BCUT2D eigenvalue weighted by atomic mass is 35.5.